The Morgan fingerprint density at radius 3 is 2.68 bits per heavy atom. The molecule has 3 aromatic rings. The van der Waals surface area contributed by atoms with E-state index in [4.69, 9.17) is 4.74 Å². The van der Waals surface area contributed by atoms with Crippen LogP contribution in [0.15, 0.2) is 54.9 Å². The third-order valence-corrected chi connectivity index (χ3v) is 5.92. The fourth-order valence-corrected chi connectivity index (χ4v) is 4.10. The first-order valence-corrected chi connectivity index (χ1v) is 10.5. The summed E-state index contributed by atoms with van der Waals surface area (Å²) in [6.45, 7) is 1.26. The third kappa shape index (κ3) is 4.35. The summed E-state index contributed by atoms with van der Waals surface area (Å²) in [4.78, 5) is 38.3. The maximum absolute atomic E-state index is 13.2. The third-order valence-electron chi connectivity index (χ3n) is 5.92. The van der Waals surface area contributed by atoms with Crippen molar-refractivity contribution in [2.24, 2.45) is 0 Å². The molecule has 2 amide bonds. The molecule has 7 nitrogen and oxygen atoms in total. The standard InChI is InChI=1S/C24H26N4O3/c1-27(24(30)22-20-8-4-3-6-17(20)11-13-25-22)19-7-5-14-28(15-12-19)23(29)18-9-10-21(31-2)26-16-18/h3-4,6,8-11,13,16,19H,5,7,12,14-15H2,1-2H3. The molecule has 0 aliphatic carbocycles. The topological polar surface area (TPSA) is 75.6 Å². The number of nitrogens with zero attached hydrogens (tertiary/aromatic N) is 4. The van der Waals surface area contributed by atoms with Gasteiger partial charge in [-0.3, -0.25) is 14.6 Å². The van der Waals surface area contributed by atoms with E-state index in [1.165, 1.54) is 0 Å². The Hall–Kier alpha value is -3.48. The molecule has 0 bridgehead atoms. The molecule has 2 aromatic heterocycles. The SMILES string of the molecule is COc1ccc(C(=O)N2CCCC(N(C)C(=O)c3nccc4ccccc34)CC2)cn1. The maximum atomic E-state index is 13.2. The van der Waals surface area contributed by atoms with Crippen LogP contribution >= 0.6 is 0 Å². The average Bonchev–Trinajstić information content (AvgIpc) is 3.09. The lowest BCUT2D eigenvalue weighted by molar-refractivity contribution is 0.0707. The number of fused-ring (bicyclic) bond motifs is 1. The van der Waals surface area contributed by atoms with Crippen LogP contribution in [0.3, 0.4) is 0 Å². The Morgan fingerprint density at radius 1 is 1.06 bits per heavy atom. The van der Waals surface area contributed by atoms with Crippen LogP contribution in [0.1, 0.15) is 40.1 Å². The number of hydrogen-bond acceptors (Lipinski definition) is 5. The smallest absolute Gasteiger partial charge is 0.273 e. The predicted octanol–water partition coefficient (Wildman–Crippen LogP) is 3.41. The van der Waals surface area contributed by atoms with Crippen molar-refractivity contribution >= 4 is 22.6 Å². The largest absolute Gasteiger partial charge is 0.481 e. The van der Waals surface area contributed by atoms with Crippen molar-refractivity contribution in [3.8, 4) is 5.88 Å². The molecular formula is C24H26N4O3. The van der Waals surface area contributed by atoms with Gasteiger partial charge in [0.1, 0.15) is 5.69 Å². The molecule has 0 saturated carbocycles. The van der Waals surface area contributed by atoms with Gasteiger partial charge in [-0.15, -0.1) is 0 Å². The first kappa shape index (κ1) is 20.8. The zero-order chi connectivity index (χ0) is 21.8. The fraction of sp³-hybridized carbons (Fsp3) is 0.333. The van der Waals surface area contributed by atoms with Crippen molar-refractivity contribution in [3.05, 3.63) is 66.1 Å². The molecule has 31 heavy (non-hydrogen) atoms. The highest BCUT2D eigenvalue weighted by atomic mass is 16.5. The van der Waals surface area contributed by atoms with Gasteiger partial charge in [-0.1, -0.05) is 24.3 Å². The lowest BCUT2D eigenvalue weighted by Gasteiger charge is -2.27. The number of ether oxygens (including phenoxy) is 1. The van der Waals surface area contributed by atoms with E-state index in [0.717, 1.165) is 30.0 Å². The summed E-state index contributed by atoms with van der Waals surface area (Å²) >= 11 is 0. The van der Waals surface area contributed by atoms with Crippen LogP contribution in [0.4, 0.5) is 0 Å². The number of carbonyl (C=O) groups excluding carboxylic acids is 2. The van der Waals surface area contributed by atoms with Gasteiger partial charge in [0.2, 0.25) is 5.88 Å². The molecule has 1 unspecified atom stereocenters. The quantitative estimate of drug-likeness (QED) is 0.649. The van der Waals surface area contributed by atoms with Gasteiger partial charge in [0.25, 0.3) is 11.8 Å². The summed E-state index contributed by atoms with van der Waals surface area (Å²) in [6.07, 6.45) is 5.63. The highest BCUT2D eigenvalue weighted by Crippen LogP contribution is 2.22. The van der Waals surface area contributed by atoms with Crippen molar-refractivity contribution in [1.82, 2.24) is 19.8 Å². The lowest BCUT2D eigenvalue weighted by Crippen LogP contribution is -2.39. The zero-order valence-electron chi connectivity index (χ0n) is 17.8. The normalized spacial score (nSPS) is 16.6. The summed E-state index contributed by atoms with van der Waals surface area (Å²) in [7, 11) is 3.38. The highest BCUT2D eigenvalue weighted by Gasteiger charge is 2.27. The first-order chi connectivity index (χ1) is 15.1. The summed E-state index contributed by atoms with van der Waals surface area (Å²) in [5.74, 6) is 0.357. The van der Waals surface area contributed by atoms with Gasteiger partial charge in [-0.25, -0.2) is 4.98 Å². The molecule has 160 valence electrons. The van der Waals surface area contributed by atoms with E-state index in [0.29, 0.717) is 30.2 Å². The Kier molecular flexibility index (Phi) is 6.11. The Morgan fingerprint density at radius 2 is 1.90 bits per heavy atom. The van der Waals surface area contributed by atoms with Crippen LogP contribution in [-0.2, 0) is 0 Å². The van der Waals surface area contributed by atoms with E-state index < -0.39 is 0 Å². The van der Waals surface area contributed by atoms with Crippen molar-refractivity contribution < 1.29 is 14.3 Å². The predicted molar refractivity (Wildman–Crippen MR) is 118 cm³/mol. The zero-order valence-corrected chi connectivity index (χ0v) is 17.8. The summed E-state index contributed by atoms with van der Waals surface area (Å²) in [5.41, 5.74) is 1.02. The van der Waals surface area contributed by atoms with Crippen LogP contribution in [0.25, 0.3) is 10.8 Å². The number of hydrogen-bond donors (Lipinski definition) is 0. The molecule has 1 aliphatic rings. The van der Waals surface area contributed by atoms with Gasteiger partial charge in [0, 0.05) is 50.0 Å². The number of likely N-dealkylation sites (tertiary alicyclic amines) is 1. The van der Waals surface area contributed by atoms with E-state index in [9.17, 15) is 9.59 Å². The minimum Gasteiger partial charge on any atom is -0.481 e. The van der Waals surface area contributed by atoms with Gasteiger partial charge < -0.3 is 14.5 Å². The Bertz CT molecular complexity index is 1080. The van der Waals surface area contributed by atoms with E-state index in [1.807, 2.05) is 42.3 Å². The van der Waals surface area contributed by atoms with Gasteiger partial charge in [0.15, 0.2) is 0 Å². The molecule has 0 radical (unpaired) electrons. The molecule has 7 heteroatoms. The molecule has 1 fully saturated rings. The summed E-state index contributed by atoms with van der Waals surface area (Å²) in [6, 6.07) is 13.2. The second kappa shape index (κ2) is 9.12. The van der Waals surface area contributed by atoms with Crippen LogP contribution in [-0.4, -0.2) is 64.9 Å². The van der Waals surface area contributed by atoms with Gasteiger partial charge in [-0.2, -0.15) is 0 Å². The molecule has 3 heterocycles. The second-order valence-electron chi connectivity index (χ2n) is 7.76. The summed E-state index contributed by atoms with van der Waals surface area (Å²) < 4.78 is 5.06. The van der Waals surface area contributed by atoms with Crippen LogP contribution in [0.2, 0.25) is 0 Å². The molecule has 0 N–H and O–H groups in total. The fourth-order valence-electron chi connectivity index (χ4n) is 4.10. The Balaban J connectivity index is 1.45. The first-order valence-electron chi connectivity index (χ1n) is 10.5. The Labute approximate surface area is 181 Å². The van der Waals surface area contributed by atoms with Gasteiger partial charge in [0.05, 0.1) is 12.7 Å². The van der Waals surface area contributed by atoms with Gasteiger partial charge in [-0.05, 0) is 36.8 Å². The van der Waals surface area contributed by atoms with Crippen molar-refractivity contribution in [2.75, 3.05) is 27.2 Å². The number of carbonyl (C=O) groups is 2. The maximum Gasteiger partial charge on any atom is 0.273 e. The van der Waals surface area contributed by atoms with Crippen molar-refractivity contribution in [2.45, 2.75) is 25.3 Å². The van der Waals surface area contributed by atoms with Crippen LogP contribution in [0.5, 0.6) is 5.88 Å². The number of methoxy groups -OCH3 is 1. The minimum atomic E-state index is -0.0825. The second-order valence-corrected chi connectivity index (χ2v) is 7.76. The average molecular weight is 418 g/mol. The number of pyridine rings is 2. The molecule has 1 saturated heterocycles. The van der Waals surface area contributed by atoms with E-state index >= 15 is 0 Å². The molecule has 4 rings (SSSR count). The van der Waals surface area contributed by atoms with Crippen molar-refractivity contribution in [1.29, 1.82) is 0 Å². The number of amides is 2. The van der Waals surface area contributed by atoms with Gasteiger partial charge >= 0.3 is 0 Å². The van der Waals surface area contributed by atoms with E-state index in [-0.39, 0.29) is 17.9 Å². The van der Waals surface area contributed by atoms with E-state index in [1.54, 1.807) is 36.5 Å². The highest BCUT2D eigenvalue weighted by molar-refractivity contribution is 6.05. The molecular weight excluding hydrogens is 392 g/mol. The van der Waals surface area contributed by atoms with E-state index in [2.05, 4.69) is 9.97 Å². The number of benzene rings is 1. The minimum absolute atomic E-state index is 0.0412. The molecule has 1 aromatic carbocycles. The number of rotatable bonds is 4. The number of aromatic nitrogens is 2. The molecule has 0 spiro atoms. The molecule has 1 atom stereocenters. The van der Waals surface area contributed by atoms with Crippen LogP contribution in [0, 0.1) is 0 Å². The monoisotopic (exact) mass is 418 g/mol. The van der Waals surface area contributed by atoms with Crippen molar-refractivity contribution in [3.63, 3.8) is 0 Å². The molecule has 1 aliphatic heterocycles. The lowest BCUT2D eigenvalue weighted by atomic mass is 10.1. The summed E-state index contributed by atoms with van der Waals surface area (Å²) in [5, 5.41) is 1.86. The van der Waals surface area contributed by atoms with Crippen LogP contribution < -0.4 is 4.74 Å².